The van der Waals surface area contributed by atoms with Gasteiger partial charge in [-0.15, -0.1) is 0 Å². The van der Waals surface area contributed by atoms with Crippen molar-refractivity contribution >= 4 is 5.91 Å². The van der Waals surface area contributed by atoms with E-state index in [1.54, 1.807) is 29.2 Å². The predicted molar refractivity (Wildman–Crippen MR) is 71.9 cm³/mol. The summed E-state index contributed by atoms with van der Waals surface area (Å²) in [5.74, 6) is -0.00618. The first-order valence-corrected chi connectivity index (χ1v) is 6.95. The number of rotatable bonds is 4. The Morgan fingerprint density at radius 3 is 2.48 bits per heavy atom. The van der Waals surface area contributed by atoms with E-state index in [1.165, 1.54) is 0 Å². The third-order valence-corrected chi connectivity index (χ3v) is 3.73. The zero-order valence-corrected chi connectivity index (χ0v) is 11.6. The van der Waals surface area contributed by atoms with Crippen molar-refractivity contribution < 1.29 is 23.1 Å². The number of aliphatic hydroxyl groups is 1. The number of alkyl halides is 3. The van der Waals surface area contributed by atoms with Gasteiger partial charge in [0.2, 0.25) is 0 Å². The fourth-order valence-electron chi connectivity index (χ4n) is 2.45. The summed E-state index contributed by atoms with van der Waals surface area (Å²) in [5, 5.41) is 9.07. The van der Waals surface area contributed by atoms with Crippen LogP contribution < -0.4 is 0 Å². The molecule has 1 aromatic rings. The van der Waals surface area contributed by atoms with Gasteiger partial charge in [-0.25, -0.2) is 0 Å². The number of aliphatic hydroxyl groups excluding tert-OH is 1. The van der Waals surface area contributed by atoms with Gasteiger partial charge in [0.1, 0.15) is 0 Å². The summed E-state index contributed by atoms with van der Waals surface area (Å²) in [4.78, 5) is 13.9. The molecule has 1 atom stereocenters. The van der Waals surface area contributed by atoms with E-state index in [9.17, 15) is 18.0 Å². The molecule has 0 aliphatic carbocycles. The minimum absolute atomic E-state index is 0.0696. The Hall–Kier alpha value is -1.56. The van der Waals surface area contributed by atoms with E-state index in [1.807, 2.05) is 0 Å². The number of carbonyl (C=O) groups is 1. The Labute approximate surface area is 121 Å². The lowest BCUT2D eigenvalue weighted by Crippen LogP contribution is -2.29. The second-order valence-electron chi connectivity index (χ2n) is 5.40. The molecule has 6 heteroatoms. The smallest absolute Gasteiger partial charge is 0.389 e. The number of halogens is 3. The number of hydrogen-bond acceptors (Lipinski definition) is 2. The molecule has 1 N–H and O–H groups in total. The number of aryl methyl sites for hydroxylation is 1. The summed E-state index contributed by atoms with van der Waals surface area (Å²) in [6.07, 6.45) is -4.31. The second-order valence-corrected chi connectivity index (χ2v) is 5.40. The van der Waals surface area contributed by atoms with Crippen LogP contribution in [0.25, 0.3) is 0 Å². The molecule has 1 aliphatic rings. The van der Waals surface area contributed by atoms with Crippen molar-refractivity contribution in [2.24, 2.45) is 5.92 Å². The van der Waals surface area contributed by atoms with Crippen LogP contribution in [0.5, 0.6) is 0 Å². The van der Waals surface area contributed by atoms with Crippen molar-refractivity contribution in [2.45, 2.75) is 25.4 Å². The summed E-state index contributed by atoms with van der Waals surface area (Å²) in [6.45, 7) is 1.21. The zero-order valence-electron chi connectivity index (χ0n) is 11.6. The monoisotopic (exact) mass is 301 g/mol. The van der Waals surface area contributed by atoms with Crippen LogP contribution in [0.3, 0.4) is 0 Å². The molecule has 116 valence electrons. The van der Waals surface area contributed by atoms with Crippen molar-refractivity contribution in [1.82, 2.24) is 4.90 Å². The molecule has 21 heavy (non-hydrogen) atoms. The standard InChI is InChI=1S/C15H18F3NO2/c16-15(17,18)7-5-11-1-3-13(4-2-11)14(21)19-8-6-12(9-19)10-20/h1-4,12,20H,5-10H2/t12-/m1/s1. The Morgan fingerprint density at radius 1 is 1.29 bits per heavy atom. The fraction of sp³-hybridized carbons (Fsp3) is 0.533. The van der Waals surface area contributed by atoms with Crippen LogP contribution in [-0.2, 0) is 6.42 Å². The summed E-state index contributed by atoms with van der Waals surface area (Å²) in [6, 6.07) is 6.28. The van der Waals surface area contributed by atoms with E-state index in [-0.39, 0.29) is 24.9 Å². The normalized spacial score (nSPS) is 19.0. The quantitative estimate of drug-likeness (QED) is 0.929. The number of likely N-dealkylation sites (tertiary alicyclic amines) is 1. The summed E-state index contributed by atoms with van der Waals surface area (Å²) in [7, 11) is 0. The summed E-state index contributed by atoms with van der Waals surface area (Å²) < 4.78 is 36.4. The molecule has 0 bridgehead atoms. The Morgan fingerprint density at radius 2 is 1.95 bits per heavy atom. The lowest BCUT2D eigenvalue weighted by Gasteiger charge is -2.16. The van der Waals surface area contributed by atoms with Crippen LogP contribution in [0.4, 0.5) is 13.2 Å². The number of nitrogens with zero attached hydrogens (tertiary/aromatic N) is 1. The van der Waals surface area contributed by atoms with Crippen LogP contribution in [0.1, 0.15) is 28.8 Å². The van der Waals surface area contributed by atoms with Crippen molar-refractivity contribution in [3.8, 4) is 0 Å². The molecule has 3 nitrogen and oxygen atoms in total. The minimum Gasteiger partial charge on any atom is -0.396 e. The van der Waals surface area contributed by atoms with E-state index in [2.05, 4.69) is 0 Å². The topological polar surface area (TPSA) is 40.5 Å². The lowest BCUT2D eigenvalue weighted by atomic mass is 10.1. The molecule has 0 aromatic heterocycles. The highest BCUT2D eigenvalue weighted by molar-refractivity contribution is 5.94. The van der Waals surface area contributed by atoms with Crippen molar-refractivity contribution in [3.05, 3.63) is 35.4 Å². The van der Waals surface area contributed by atoms with Crippen LogP contribution in [-0.4, -0.2) is 41.8 Å². The molecule has 1 fully saturated rings. The van der Waals surface area contributed by atoms with E-state index in [0.717, 1.165) is 6.42 Å². The maximum atomic E-state index is 12.2. The molecule has 1 saturated heterocycles. The van der Waals surface area contributed by atoms with Crippen molar-refractivity contribution in [2.75, 3.05) is 19.7 Å². The second kappa shape index (κ2) is 6.47. The number of carbonyl (C=O) groups excluding carboxylic acids is 1. The van der Waals surface area contributed by atoms with Crippen molar-refractivity contribution in [1.29, 1.82) is 0 Å². The van der Waals surface area contributed by atoms with Gasteiger partial charge in [-0.2, -0.15) is 13.2 Å². The highest BCUT2D eigenvalue weighted by Crippen LogP contribution is 2.23. The predicted octanol–water partition coefficient (Wildman–Crippen LogP) is 2.64. The summed E-state index contributed by atoms with van der Waals surface area (Å²) >= 11 is 0. The molecule has 0 spiro atoms. The first-order valence-electron chi connectivity index (χ1n) is 6.95. The van der Waals surface area contributed by atoms with Gasteiger partial charge in [-0.05, 0) is 30.5 Å². The molecule has 0 unspecified atom stereocenters. The van der Waals surface area contributed by atoms with Gasteiger partial charge in [-0.1, -0.05) is 12.1 Å². The van der Waals surface area contributed by atoms with E-state index >= 15 is 0 Å². The van der Waals surface area contributed by atoms with Gasteiger partial charge in [0.15, 0.2) is 0 Å². The van der Waals surface area contributed by atoms with Crippen LogP contribution in [0.15, 0.2) is 24.3 Å². The molecule has 2 rings (SSSR count). The van der Waals surface area contributed by atoms with Gasteiger partial charge in [0, 0.05) is 37.6 Å². The van der Waals surface area contributed by atoms with Crippen LogP contribution in [0, 0.1) is 5.92 Å². The van der Waals surface area contributed by atoms with Crippen molar-refractivity contribution in [3.63, 3.8) is 0 Å². The third kappa shape index (κ3) is 4.46. The first kappa shape index (κ1) is 15.8. The fourth-order valence-corrected chi connectivity index (χ4v) is 2.45. The molecule has 0 radical (unpaired) electrons. The average Bonchev–Trinajstić information content (AvgIpc) is 2.93. The third-order valence-electron chi connectivity index (χ3n) is 3.73. The molecule has 0 saturated carbocycles. The number of amides is 1. The SMILES string of the molecule is O=C(c1ccc(CCC(F)(F)F)cc1)N1CC[C@@H](CO)C1. The van der Waals surface area contributed by atoms with Gasteiger partial charge in [0.25, 0.3) is 5.91 Å². The zero-order chi connectivity index (χ0) is 15.5. The molecular weight excluding hydrogens is 283 g/mol. The van der Waals surface area contributed by atoms with Crippen LogP contribution in [0.2, 0.25) is 0 Å². The Kier molecular flexibility index (Phi) is 4.88. The number of benzene rings is 1. The van der Waals surface area contributed by atoms with Gasteiger partial charge < -0.3 is 10.0 Å². The summed E-state index contributed by atoms with van der Waals surface area (Å²) in [5.41, 5.74) is 1.04. The van der Waals surface area contributed by atoms with Gasteiger partial charge in [0.05, 0.1) is 0 Å². The van der Waals surface area contributed by atoms with E-state index in [4.69, 9.17) is 5.11 Å². The largest absolute Gasteiger partial charge is 0.396 e. The molecule has 1 aliphatic heterocycles. The number of hydrogen-bond donors (Lipinski definition) is 1. The van der Waals surface area contributed by atoms with E-state index < -0.39 is 12.6 Å². The maximum Gasteiger partial charge on any atom is 0.389 e. The highest BCUT2D eigenvalue weighted by atomic mass is 19.4. The Balaban J connectivity index is 1.94. The highest BCUT2D eigenvalue weighted by Gasteiger charge is 2.27. The van der Waals surface area contributed by atoms with Gasteiger partial charge >= 0.3 is 6.18 Å². The molecule has 1 aromatic carbocycles. The van der Waals surface area contributed by atoms with Crippen LogP contribution >= 0.6 is 0 Å². The molecule has 1 amide bonds. The van der Waals surface area contributed by atoms with E-state index in [0.29, 0.717) is 24.2 Å². The molecule has 1 heterocycles. The lowest BCUT2D eigenvalue weighted by molar-refractivity contribution is -0.134. The average molecular weight is 301 g/mol. The minimum atomic E-state index is -4.16. The maximum absolute atomic E-state index is 12.2. The molecular formula is C15H18F3NO2. The first-order chi connectivity index (χ1) is 9.89. The van der Waals surface area contributed by atoms with Gasteiger partial charge in [-0.3, -0.25) is 4.79 Å². The Bertz CT molecular complexity index is 485.